The van der Waals surface area contributed by atoms with Crippen molar-refractivity contribution in [3.63, 3.8) is 0 Å². The van der Waals surface area contributed by atoms with Crippen LogP contribution in [0.2, 0.25) is 5.02 Å². The highest BCUT2D eigenvalue weighted by molar-refractivity contribution is 7.21. The molecule has 1 aliphatic rings. The lowest BCUT2D eigenvalue weighted by molar-refractivity contribution is -0.133. The Kier molecular flexibility index (Phi) is 3.63. The molecule has 1 aromatic heterocycles. The van der Waals surface area contributed by atoms with Crippen LogP contribution in [0.4, 0.5) is 0 Å². The maximum atomic E-state index is 12.1. The summed E-state index contributed by atoms with van der Waals surface area (Å²) in [5.74, 6) is -0.327. The fourth-order valence-corrected chi connectivity index (χ4v) is 3.51. The number of hydrogen-bond donors (Lipinski definition) is 1. The summed E-state index contributed by atoms with van der Waals surface area (Å²) in [6, 6.07) is 7.60. The monoisotopic (exact) mass is 308 g/mol. The number of hydrogen-bond acceptors (Lipinski definition) is 3. The summed E-state index contributed by atoms with van der Waals surface area (Å²) in [5, 5.41) is 3.98. The Morgan fingerprint density at radius 3 is 2.70 bits per heavy atom. The predicted octanol–water partition coefficient (Wildman–Crippen LogP) is 2.52. The molecule has 0 spiro atoms. The molecule has 2 aromatic rings. The predicted molar refractivity (Wildman–Crippen MR) is 80.4 cm³/mol. The number of nitrogens with one attached hydrogen (secondary N) is 1. The molecule has 0 bridgehead atoms. The Hall–Kier alpha value is -1.59. The van der Waals surface area contributed by atoms with Crippen molar-refractivity contribution in [1.82, 2.24) is 10.2 Å². The molecular weight excluding hydrogens is 296 g/mol. The Balaban J connectivity index is 1.72. The van der Waals surface area contributed by atoms with Gasteiger partial charge in [0.1, 0.15) is 4.88 Å². The number of amides is 2. The van der Waals surface area contributed by atoms with E-state index in [-0.39, 0.29) is 18.4 Å². The number of halogens is 1. The zero-order valence-electron chi connectivity index (χ0n) is 10.7. The zero-order valence-corrected chi connectivity index (χ0v) is 12.3. The highest BCUT2D eigenvalue weighted by atomic mass is 35.5. The summed E-state index contributed by atoms with van der Waals surface area (Å²) in [6.07, 6.45) is 1.04. The van der Waals surface area contributed by atoms with Gasteiger partial charge in [-0.1, -0.05) is 29.8 Å². The third-order valence-corrected chi connectivity index (χ3v) is 5.02. The van der Waals surface area contributed by atoms with Gasteiger partial charge in [-0.3, -0.25) is 9.59 Å². The molecule has 1 aromatic carbocycles. The smallest absolute Gasteiger partial charge is 0.263 e. The summed E-state index contributed by atoms with van der Waals surface area (Å²) >= 11 is 7.57. The normalized spacial score (nSPS) is 14.2. The fraction of sp³-hybridized carbons (Fsp3) is 0.286. The lowest BCUT2D eigenvalue weighted by atomic mass is 10.2. The van der Waals surface area contributed by atoms with Crippen molar-refractivity contribution in [3.05, 3.63) is 34.2 Å². The van der Waals surface area contributed by atoms with Crippen LogP contribution in [0, 0.1) is 0 Å². The van der Waals surface area contributed by atoms with Gasteiger partial charge in [-0.2, -0.15) is 0 Å². The molecule has 2 amide bonds. The zero-order chi connectivity index (χ0) is 14.1. The van der Waals surface area contributed by atoms with Gasteiger partial charge in [-0.15, -0.1) is 11.3 Å². The topological polar surface area (TPSA) is 49.4 Å². The maximum Gasteiger partial charge on any atom is 0.263 e. The van der Waals surface area contributed by atoms with Crippen LogP contribution in [0.15, 0.2) is 24.3 Å². The van der Waals surface area contributed by atoms with Crippen molar-refractivity contribution in [2.24, 2.45) is 0 Å². The van der Waals surface area contributed by atoms with Gasteiger partial charge in [-0.05, 0) is 12.5 Å². The third-order valence-electron chi connectivity index (χ3n) is 3.35. The second kappa shape index (κ2) is 5.42. The molecule has 20 heavy (non-hydrogen) atoms. The fourth-order valence-electron chi connectivity index (χ4n) is 2.07. The van der Waals surface area contributed by atoms with E-state index in [4.69, 9.17) is 11.6 Å². The minimum atomic E-state index is -0.287. The van der Waals surface area contributed by atoms with E-state index in [1.807, 2.05) is 24.3 Å². The summed E-state index contributed by atoms with van der Waals surface area (Å²) < 4.78 is 0.969. The van der Waals surface area contributed by atoms with E-state index in [0.717, 1.165) is 29.6 Å². The molecule has 0 aliphatic carbocycles. The van der Waals surface area contributed by atoms with E-state index < -0.39 is 0 Å². The molecule has 0 unspecified atom stereocenters. The van der Waals surface area contributed by atoms with Gasteiger partial charge in [0.2, 0.25) is 5.91 Å². The average molecular weight is 309 g/mol. The summed E-state index contributed by atoms with van der Waals surface area (Å²) in [4.78, 5) is 26.0. The van der Waals surface area contributed by atoms with Crippen LogP contribution in [0.5, 0.6) is 0 Å². The van der Waals surface area contributed by atoms with E-state index in [1.165, 1.54) is 11.3 Å². The number of carbonyl (C=O) groups excluding carboxylic acids is 2. The van der Waals surface area contributed by atoms with Gasteiger partial charge in [0.25, 0.3) is 5.91 Å². The van der Waals surface area contributed by atoms with Crippen LogP contribution in [0.25, 0.3) is 10.1 Å². The summed E-state index contributed by atoms with van der Waals surface area (Å²) in [5.41, 5.74) is 0. The number of fused-ring (bicyclic) bond motifs is 1. The molecule has 104 valence electrons. The molecule has 4 nitrogen and oxygen atoms in total. The van der Waals surface area contributed by atoms with E-state index >= 15 is 0 Å². The van der Waals surface area contributed by atoms with Crippen molar-refractivity contribution in [3.8, 4) is 0 Å². The molecule has 0 radical (unpaired) electrons. The molecule has 1 fully saturated rings. The van der Waals surface area contributed by atoms with E-state index in [1.54, 1.807) is 4.90 Å². The first-order chi connectivity index (χ1) is 9.66. The van der Waals surface area contributed by atoms with Crippen molar-refractivity contribution in [2.45, 2.75) is 6.42 Å². The molecule has 1 aliphatic heterocycles. The number of carbonyl (C=O) groups is 2. The molecule has 0 atom stereocenters. The molecule has 3 rings (SSSR count). The lowest BCUT2D eigenvalue weighted by Gasteiger charge is -2.30. The van der Waals surface area contributed by atoms with E-state index in [9.17, 15) is 9.59 Å². The molecule has 2 heterocycles. The molecular formula is C14H13ClN2O2S. The molecule has 1 N–H and O–H groups in total. The highest BCUT2D eigenvalue weighted by Gasteiger charge is 2.22. The number of benzene rings is 1. The van der Waals surface area contributed by atoms with E-state index in [0.29, 0.717) is 9.90 Å². The van der Waals surface area contributed by atoms with Crippen LogP contribution in [0.3, 0.4) is 0 Å². The van der Waals surface area contributed by atoms with Crippen LogP contribution < -0.4 is 5.32 Å². The molecule has 0 saturated carbocycles. The van der Waals surface area contributed by atoms with Crippen molar-refractivity contribution in [2.75, 3.05) is 19.6 Å². The maximum absolute atomic E-state index is 12.1. The third kappa shape index (κ3) is 2.39. The first-order valence-electron chi connectivity index (χ1n) is 6.40. The van der Waals surface area contributed by atoms with Gasteiger partial charge in [0.05, 0.1) is 11.6 Å². The van der Waals surface area contributed by atoms with Gasteiger partial charge >= 0.3 is 0 Å². The Bertz CT molecular complexity index is 679. The Morgan fingerprint density at radius 1 is 1.30 bits per heavy atom. The van der Waals surface area contributed by atoms with Crippen molar-refractivity contribution < 1.29 is 9.59 Å². The van der Waals surface area contributed by atoms with Gasteiger partial charge in [-0.25, -0.2) is 0 Å². The number of rotatable bonds is 3. The average Bonchev–Trinajstić information content (AvgIpc) is 2.72. The first kappa shape index (κ1) is 13.4. The van der Waals surface area contributed by atoms with Crippen LogP contribution in [0.1, 0.15) is 16.1 Å². The van der Waals surface area contributed by atoms with Crippen LogP contribution in [-0.2, 0) is 4.79 Å². The van der Waals surface area contributed by atoms with Gasteiger partial charge in [0.15, 0.2) is 0 Å². The number of thiophene rings is 1. The van der Waals surface area contributed by atoms with Gasteiger partial charge in [0, 0.05) is 23.2 Å². The van der Waals surface area contributed by atoms with Crippen molar-refractivity contribution >= 4 is 44.8 Å². The minimum Gasteiger partial charge on any atom is -0.342 e. The molecule has 6 heteroatoms. The van der Waals surface area contributed by atoms with Crippen LogP contribution >= 0.6 is 22.9 Å². The summed E-state index contributed by atoms with van der Waals surface area (Å²) in [7, 11) is 0. The van der Waals surface area contributed by atoms with Crippen LogP contribution in [-0.4, -0.2) is 36.3 Å². The quantitative estimate of drug-likeness (QED) is 0.947. The molecule has 1 saturated heterocycles. The number of nitrogens with zero attached hydrogens (tertiary/aromatic N) is 1. The van der Waals surface area contributed by atoms with Gasteiger partial charge < -0.3 is 10.2 Å². The Labute approximate surface area is 125 Å². The minimum absolute atomic E-state index is 0.0312. The second-order valence-electron chi connectivity index (χ2n) is 4.66. The Morgan fingerprint density at radius 2 is 2.05 bits per heavy atom. The summed E-state index contributed by atoms with van der Waals surface area (Å²) in [6.45, 7) is 1.61. The number of likely N-dealkylation sites (tertiary alicyclic amines) is 1. The highest BCUT2D eigenvalue weighted by Crippen LogP contribution is 2.34. The lowest BCUT2D eigenvalue weighted by Crippen LogP contribution is -2.47. The van der Waals surface area contributed by atoms with Crippen molar-refractivity contribution in [1.29, 1.82) is 0 Å². The van der Waals surface area contributed by atoms with E-state index in [2.05, 4.69) is 5.32 Å². The SMILES string of the molecule is O=C(NCC(=O)N1CCC1)c1sc2ccccc2c1Cl. The standard InChI is InChI=1S/C14H13ClN2O2S/c15-12-9-4-1-2-5-10(9)20-13(12)14(19)16-8-11(18)17-6-3-7-17/h1-2,4-5H,3,6-8H2,(H,16,19). The largest absolute Gasteiger partial charge is 0.342 e. The second-order valence-corrected chi connectivity index (χ2v) is 6.09. The first-order valence-corrected chi connectivity index (χ1v) is 7.59.